The van der Waals surface area contributed by atoms with Gasteiger partial charge in [0.1, 0.15) is 5.60 Å². The van der Waals surface area contributed by atoms with Crippen molar-refractivity contribution in [3.8, 4) is 22.9 Å². The monoisotopic (exact) mass is 433 g/mol. The third-order valence-corrected chi connectivity index (χ3v) is 5.90. The fraction of sp³-hybridized carbons (Fsp3) is 0.591. The molecule has 0 unspecified atom stereocenters. The Morgan fingerprint density at radius 3 is 2.43 bits per heavy atom. The maximum atomic E-state index is 12.2. The van der Waals surface area contributed by atoms with Crippen molar-refractivity contribution in [2.75, 3.05) is 20.0 Å². The van der Waals surface area contributed by atoms with Gasteiger partial charge >= 0.3 is 5.97 Å². The zero-order valence-corrected chi connectivity index (χ0v) is 19.3. The van der Waals surface area contributed by atoms with Crippen molar-refractivity contribution < 1.29 is 19.0 Å². The predicted octanol–water partition coefficient (Wildman–Crippen LogP) is 4.90. The topological polar surface area (TPSA) is 75.5 Å². The van der Waals surface area contributed by atoms with Gasteiger partial charge in [0.25, 0.3) is 0 Å². The van der Waals surface area contributed by atoms with E-state index in [2.05, 4.69) is 14.8 Å². The number of carbonyl (C=O) groups is 1. The molecular formula is C22H31N3O4S. The molecule has 0 radical (unpaired) electrons. The van der Waals surface area contributed by atoms with Crippen molar-refractivity contribution in [3.05, 3.63) is 18.2 Å². The van der Waals surface area contributed by atoms with Crippen LogP contribution in [-0.2, 0) is 9.53 Å². The smallest absolute Gasteiger partial charge is 0.316 e. The Labute approximate surface area is 182 Å². The highest BCUT2D eigenvalue weighted by Gasteiger charge is 2.25. The molecule has 8 heteroatoms. The molecule has 1 saturated carbocycles. The molecule has 0 N–H and O–H groups in total. The molecule has 30 heavy (non-hydrogen) atoms. The molecule has 0 saturated heterocycles. The van der Waals surface area contributed by atoms with Gasteiger partial charge in [0.05, 0.1) is 20.0 Å². The predicted molar refractivity (Wildman–Crippen MR) is 117 cm³/mol. The molecule has 1 aromatic heterocycles. The Bertz CT molecular complexity index is 870. The molecule has 2 aromatic rings. The standard InChI is InChI=1S/C22H31N3O4S/c1-22(2,3)29-19(26)14-30-21-24-23-20(25(21)16-9-7-6-8-10-16)15-11-12-17(27-4)18(13-15)28-5/h11-13,16H,6-10,14H2,1-5H3. The van der Waals surface area contributed by atoms with Gasteiger partial charge in [-0.2, -0.15) is 0 Å². The number of benzene rings is 1. The third kappa shape index (κ3) is 5.47. The van der Waals surface area contributed by atoms with Gasteiger partial charge in [-0.3, -0.25) is 9.36 Å². The van der Waals surface area contributed by atoms with E-state index in [9.17, 15) is 4.79 Å². The first kappa shape index (κ1) is 22.5. The summed E-state index contributed by atoms with van der Waals surface area (Å²) in [6.07, 6.45) is 5.79. The molecule has 3 rings (SSSR count). The quantitative estimate of drug-likeness (QED) is 0.454. The summed E-state index contributed by atoms with van der Waals surface area (Å²) in [7, 11) is 3.24. The molecule has 1 aliphatic rings. The normalized spacial score (nSPS) is 15.1. The minimum Gasteiger partial charge on any atom is -0.493 e. The summed E-state index contributed by atoms with van der Waals surface area (Å²) in [4.78, 5) is 12.2. The first-order valence-corrected chi connectivity index (χ1v) is 11.3. The summed E-state index contributed by atoms with van der Waals surface area (Å²) >= 11 is 1.38. The van der Waals surface area contributed by atoms with Crippen LogP contribution in [0.4, 0.5) is 0 Å². The highest BCUT2D eigenvalue weighted by atomic mass is 32.2. The Morgan fingerprint density at radius 1 is 1.10 bits per heavy atom. The molecule has 1 aliphatic carbocycles. The van der Waals surface area contributed by atoms with Crippen LogP contribution in [-0.4, -0.2) is 46.3 Å². The molecule has 0 aliphatic heterocycles. The van der Waals surface area contributed by atoms with Gasteiger partial charge in [0.15, 0.2) is 22.5 Å². The first-order chi connectivity index (χ1) is 14.3. The molecule has 0 amide bonds. The van der Waals surface area contributed by atoms with Crippen molar-refractivity contribution in [2.45, 2.75) is 69.7 Å². The molecular weight excluding hydrogens is 402 g/mol. The highest BCUT2D eigenvalue weighted by molar-refractivity contribution is 7.99. The summed E-state index contributed by atoms with van der Waals surface area (Å²) in [5.74, 6) is 2.06. The van der Waals surface area contributed by atoms with Crippen molar-refractivity contribution >= 4 is 17.7 Å². The van der Waals surface area contributed by atoms with Gasteiger partial charge in [0.2, 0.25) is 0 Å². The third-order valence-electron chi connectivity index (χ3n) is 4.99. The van der Waals surface area contributed by atoms with Crippen molar-refractivity contribution in [1.29, 1.82) is 0 Å². The first-order valence-electron chi connectivity index (χ1n) is 10.3. The number of aromatic nitrogens is 3. The molecule has 1 aromatic carbocycles. The van der Waals surface area contributed by atoms with Gasteiger partial charge in [-0.1, -0.05) is 31.0 Å². The fourth-order valence-electron chi connectivity index (χ4n) is 3.71. The van der Waals surface area contributed by atoms with Gasteiger partial charge in [-0.15, -0.1) is 10.2 Å². The van der Waals surface area contributed by atoms with Gasteiger partial charge in [0, 0.05) is 11.6 Å². The Balaban J connectivity index is 1.91. The van der Waals surface area contributed by atoms with Crippen LogP contribution in [0, 0.1) is 0 Å². The lowest BCUT2D eigenvalue weighted by Crippen LogP contribution is -2.25. The zero-order valence-electron chi connectivity index (χ0n) is 18.4. The molecule has 0 atom stereocenters. The maximum Gasteiger partial charge on any atom is 0.316 e. The van der Waals surface area contributed by atoms with Crippen molar-refractivity contribution in [1.82, 2.24) is 14.8 Å². The zero-order chi connectivity index (χ0) is 21.7. The molecule has 164 valence electrons. The lowest BCUT2D eigenvalue weighted by molar-refractivity contribution is -0.151. The number of rotatable bonds is 7. The number of thioether (sulfide) groups is 1. The summed E-state index contributed by atoms with van der Waals surface area (Å²) < 4.78 is 18.5. The van der Waals surface area contributed by atoms with E-state index in [4.69, 9.17) is 14.2 Å². The summed E-state index contributed by atoms with van der Waals surface area (Å²) in [5.41, 5.74) is 0.411. The van der Waals surface area contributed by atoms with E-state index in [1.54, 1.807) is 14.2 Å². The average Bonchev–Trinajstić information content (AvgIpc) is 3.15. The number of nitrogens with zero attached hydrogens (tertiary/aromatic N) is 3. The minimum atomic E-state index is -0.501. The SMILES string of the molecule is COc1ccc(-c2nnc(SCC(=O)OC(C)(C)C)n2C2CCCCC2)cc1OC. The van der Waals surface area contributed by atoms with E-state index in [0.717, 1.165) is 29.4 Å². The van der Waals surface area contributed by atoms with E-state index in [0.29, 0.717) is 17.5 Å². The minimum absolute atomic E-state index is 0.202. The van der Waals surface area contributed by atoms with E-state index < -0.39 is 5.60 Å². The summed E-state index contributed by atoms with van der Waals surface area (Å²) in [5, 5.41) is 9.67. The number of esters is 1. The maximum absolute atomic E-state index is 12.2. The number of methoxy groups -OCH3 is 2. The largest absolute Gasteiger partial charge is 0.493 e. The van der Waals surface area contributed by atoms with Gasteiger partial charge < -0.3 is 14.2 Å². The van der Waals surface area contributed by atoms with Crippen LogP contribution in [0.25, 0.3) is 11.4 Å². The van der Waals surface area contributed by atoms with Crippen LogP contribution in [0.2, 0.25) is 0 Å². The van der Waals surface area contributed by atoms with E-state index in [-0.39, 0.29) is 11.7 Å². The molecule has 1 fully saturated rings. The second kappa shape index (κ2) is 9.73. The van der Waals surface area contributed by atoms with Crippen LogP contribution in [0.5, 0.6) is 11.5 Å². The van der Waals surface area contributed by atoms with E-state index in [1.165, 1.54) is 31.0 Å². The van der Waals surface area contributed by atoms with E-state index in [1.807, 2.05) is 39.0 Å². The van der Waals surface area contributed by atoms with E-state index >= 15 is 0 Å². The van der Waals surface area contributed by atoms with Crippen molar-refractivity contribution in [3.63, 3.8) is 0 Å². The second-order valence-corrected chi connectivity index (χ2v) is 9.36. The lowest BCUT2D eigenvalue weighted by Gasteiger charge is -2.26. The highest BCUT2D eigenvalue weighted by Crippen LogP contribution is 2.38. The molecule has 0 spiro atoms. The Kier molecular flexibility index (Phi) is 7.28. The molecule has 0 bridgehead atoms. The second-order valence-electron chi connectivity index (χ2n) is 8.41. The van der Waals surface area contributed by atoms with Crippen molar-refractivity contribution in [2.24, 2.45) is 0 Å². The number of hydrogen-bond acceptors (Lipinski definition) is 7. The van der Waals surface area contributed by atoms with Crippen LogP contribution < -0.4 is 9.47 Å². The fourth-order valence-corrected chi connectivity index (χ4v) is 4.49. The van der Waals surface area contributed by atoms with Crippen LogP contribution in [0.15, 0.2) is 23.4 Å². The van der Waals surface area contributed by atoms with Crippen LogP contribution in [0.1, 0.15) is 58.9 Å². The average molecular weight is 434 g/mol. The number of carbonyl (C=O) groups excluding carboxylic acids is 1. The van der Waals surface area contributed by atoms with Crippen LogP contribution in [0.3, 0.4) is 0 Å². The van der Waals surface area contributed by atoms with Crippen LogP contribution >= 0.6 is 11.8 Å². The summed E-state index contributed by atoms with van der Waals surface area (Å²) in [6.45, 7) is 5.61. The Morgan fingerprint density at radius 2 is 1.80 bits per heavy atom. The van der Waals surface area contributed by atoms with Gasteiger partial charge in [-0.25, -0.2) is 0 Å². The molecule has 1 heterocycles. The lowest BCUT2D eigenvalue weighted by atomic mass is 9.95. The Hall–Kier alpha value is -2.22. The van der Waals surface area contributed by atoms with Gasteiger partial charge in [-0.05, 0) is 51.8 Å². The number of hydrogen-bond donors (Lipinski definition) is 0. The summed E-state index contributed by atoms with van der Waals surface area (Å²) in [6, 6.07) is 6.08. The molecule has 7 nitrogen and oxygen atoms in total. The number of ether oxygens (including phenoxy) is 3.